The number of anilines is 2. The minimum absolute atomic E-state index is 0. The Morgan fingerprint density at radius 1 is 1.25 bits per heavy atom. The summed E-state index contributed by atoms with van der Waals surface area (Å²) in [6.45, 7) is 13.2. The minimum Gasteiger partial charge on any atom is -0.412 e. The van der Waals surface area contributed by atoms with Crippen LogP contribution >= 0.6 is 12.0 Å². The van der Waals surface area contributed by atoms with Crippen LogP contribution in [0.25, 0.3) is 0 Å². The Morgan fingerprint density at radius 3 is 2.33 bits per heavy atom. The van der Waals surface area contributed by atoms with Gasteiger partial charge in [-0.25, -0.2) is 4.98 Å². The Hall–Kier alpha value is -2.48. The molecular formula is C36H71N7O4S. The van der Waals surface area contributed by atoms with Crippen LogP contribution in [0.15, 0.2) is 36.6 Å². The molecule has 280 valence electrons. The highest BCUT2D eigenvalue weighted by Gasteiger charge is 2.41. The topological polar surface area (TPSA) is 180 Å². The van der Waals surface area contributed by atoms with Crippen LogP contribution in [0, 0.1) is 29.1 Å². The first-order valence-corrected chi connectivity index (χ1v) is 17.1. The molecule has 12 heteroatoms. The quantitative estimate of drug-likeness (QED) is 0.0467. The van der Waals surface area contributed by atoms with E-state index >= 15 is 0 Å². The third kappa shape index (κ3) is 16.8. The zero-order valence-electron chi connectivity index (χ0n) is 29.0. The fourth-order valence-electron chi connectivity index (χ4n) is 6.01. The van der Waals surface area contributed by atoms with E-state index in [0.29, 0.717) is 40.7 Å². The Kier molecular flexibility index (Phi) is 24.4. The number of carbonyl (C=O) groups excluding carboxylic acids is 1. The number of pyridine rings is 1. The Balaban J connectivity index is -0.000000796. The summed E-state index contributed by atoms with van der Waals surface area (Å²) < 4.78 is 13.3. The van der Waals surface area contributed by atoms with Crippen LogP contribution in [0.2, 0.25) is 0 Å². The standard InChI is InChI=1S/C20H34N6O.C10H18O.C4H7NOS.2CH4.H2O.H2/c1-20(2)13-15(7-5-10-22-3)14-26(20)19-16(18(21)27)8-9-17(25-19)24-12-6-11-23-4;1-11-7-6-10(8-2-3-8)9-4-5-9;1-3(2)4(5)7-6;;;;/h6,8-9,12,15,22-23H,5,7,10-11,13-14H2,1-4H3,(H2,21,27)(H,24,25);8-10H,2-7H2,1H3;5-6H,1H2,2H3;2*1H4;1H2;1H/b12-6-;;;;;;. The van der Waals surface area contributed by atoms with Gasteiger partial charge in [0.2, 0.25) is 0 Å². The molecule has 1 atom stereocenters. The average molecular weight is 698 g/mol. The third-order valence-corrected chi connectivity index (χ3v) is 9.19. The molecule has 1 amide bonds. The molecule has 0 radical (unpaired) electrons. The van der Waals surface area contributed by atoms with Crippen molar-refractivity contribution in [1.82, 2.24) is 15.6 Å². The normalized spacial score (nSPS) is 17.5. The number of methoxy groups -OCH3 is 1. The summed E-state index contributed by atoms with van der Waals surface area (Å²) in [4.78, 5) is 19.0. The van der Waals surface area contributed by atoms with Crippen LogP contribution in [-0.2, 0) is 4.74 Å². The highest BCUT2D eigenvalue weighted by Crippen LogP contribution is 2.50. The van der Waals surface area contributed by atoms with Crippen LogP contribution < -0.4 is 26.6 Å². The minimum atomic E-state index is -0.441. The Labute approximate surface area is 297 Å². The smallest absolute Gasteiger partial charge is 0.252 e. The number of nitrogens with two attached hydrogens (primary N) is 1. The van der Waals surface area contributed by atoms with E-state index in [-0.39, 0.29) is 32.3 Å². The second kappa shape index (κ2) is 24.6. The fourth-order valence-corrected chi connectivity index (χ4v) is 6.16. The van der Waals surface area contributed by atoms with Gasteiger partial charge in [0.05, 0.1) is 5.56 Å². The van der Waals surface area contributed by atoms with Crippen LogP contribution in [0.3, 0.4) is 0 Å². The molecule has 1 aliphatic heterocycles. The van der Waals surface area contributed by atoms with Gasteiger partial charge in [-0.05, 0) is 140 Å². The van der Waals surface area contributed by atoms with Crippen molar-refractivity contribution in [3.8, 4) is 0 Å². The number of amides is 1. The van der Waals surface area contributed by atoms with Crippen molar-refractivity contribution in [2.45, 2.75) is 92.5 Å². The van der Waals surface area contributed by atoms with E-state index in [2.05, 4.69) is 41.3 Å². The zero-order chi connectivity index (χ0) is 33.4. The summed E-state index contributed by atoms with van der Waals surface area (Å²) in [5.74, 6) is 4.75. The highest BCUT2D eigenvalue weighted by molar-refractivity contribution is 8.09. The van der Waals surface area contributed by atoms with E-state index < -0.39 is 5.91 Å². The molecule has 4 rings (SSSR count). The molecule has 2 saturated carbocycles. The van der Waals surface area contributed by atoms with Gasteiger partial charge >= 0.3 is 0 Å². The first-order chi connectivity index (χ1) is 21.5. The lowest BCUT2D eigenvalue weighted by Crippen LogP contribution is -2.40. The number of hydrogen-bond donors (Lipinski definition) is 6. The lowest BCUT2D eigenvalue weighted by atomic mass is 9.93. The number of likely N-dealkylation sites (N-methyl/N-ethyl adjacent to an activating group) is 1. The number of carbonyl (C=O) groups is 1. The van der Waals surface area contributed by atoms with Crippen molar-refractivity contribution in [3.63, 3.8) is 0 Å². The maximum atomic E-state index is 12.0. The molecule has 48 heavy (non-hydrogen) atoms. The molecule has 11 nitrogen and oxygen atoms in total. The number of rotatable bonds is 16. The van der Waals surface area contributed by atoms with Crippen molar-refractivity contribution >= 4 is 34.6 Å². The SMILES string of the molecule is C.C.C=C(C)C(=N)SO.CNC/C=C\Nc1ccc(C(N)=O)c(N2CC(CCCNC)CC2(C)C)n1.COCCC(C1CC1)C1CC1.O.[HH]. The predicted molar refractivity (Wildman–Crippen MR) is 210 cm³/mol. The van der Waals surface area contributed by atoms with Gasteiger partial charge in [0.25, 0.3) is 5.91 Å². The molecule has 1 saturated heterocycles. The first kappa shape index (κ1) is 47.6. The zero-order valence-corrected chi connectivity index (χ0v) is 29.8. The van der Waals surface area contributed by atoms with Gasteiger partial charge in [-0.15, -0.1) is 0 Å². The van der Waals surface area contributed by atoms with Crippen LogP contribution in [-0.4, -0.2) is 78.9 Å². The summed E-state index contributed by atoms with van der Waals surface area (Å²) >= 11 is 0.417. The number of primary amides is 1. The van der Waals surface area contributed by atoms with Crippen molar-refractivity contribution in [2.24, 2.45) is 29.4 Å². The Bertz CT molecular complexity index is 1100. The Morgan fingerprint density at radius 2 is 1.88 bits per heavy atom. The van der Waals surface area contributed by atoms with E-state index in [1.54, 1.807) is 19.1 Å². The molecule has 1 unspecified atom stereocenters. The van der Waals surface area contributed by atoms with E-state index in [1.165, 1.54) is 32.1 Å². The maximum Gasteiger partial charge on any atom is 0.252 e. The number of nitrogens with one attached hydrogen (secondary N) is 4. The van der Waals surface area contributed by atoms with Crippen molar-refractivity contribution in [3.05, 3.63) is 42.1 Å². The molecule has 3 fully saturated rings. The highest BCUT2D eigenvalue weighted by atomic mass is 32.2. The van der Waals surface area contributed by atoms with Crippen molar-refractivity contribution in [2.75, 3.05) is 57.7 Å². The number of hydrogen-bond acceptors (Lipinski definition) is 10. The van der Waals surface area contributed by atoms with Crippen LogP contribution in [0.5, 0.6) is 0 Å². The van der Waals surface area contributed by atoms with E-state index in [4.69, 9.17) is 25.4 Å². The first-order valence-electron chi connectivity index (χ1n) is 16.3. The van der Waals surface area contributed by atoms with E-state index in [0.717, 1.165) is 63.3 Å². The van der Waals surface area contributed by atoms with Crippen LogP contribution in [0.4, 0.5) is 11.6 Å². The molecule has 1 aromatic heterocycles. The third-order valence-electron chi connectivity index (χ3n) is 8.66. The van der Waals surface area contributed by atoms with Crippen molar-refractivity contribution < 1.29 is 21.0 Å². The van der Waals surface area contributed by atoms with Gasteiger partial charge in [0.1, 0.15) is 16.7 Å². The van der Waals surface area contributed by atoms with Gasteiger partial charge in [0, 0.05) is 45.8 Å². The molecule has 1 aromatic rings. The van der Waals surface area contributed by atoms with Gasteiger partial charge in [0.15, 0.2) is 0 Å². The summed E-state index contributed by atoms with van der Waals surface area (Å²) in [5, 5.41) is 16.4. The van der Waals surface area contributed by atoms with Crippen molar-refractivity contribution in [1.29, 1.82) is 5.41 Å². The maximum absolute atomic E-state index is 12.0. The number of nitrogens with zero attached hydrogens (tertiary/aromatic N) is 2. The largest absolute Gasteiger partial charge is 0.412 e. The van der Waals surface area contributed by atoms with Crippen LogP contribution in [0.1, 0.15) is 98.8 Å². The average Bonchev–Trinajstić information content (AvgIpc) is 3.94. The summed E-state index contributed by atoms with van der Waals surface area (Å²) in [6, 6.07) is 3.56. The molecule has 2 aliphatic carbocycles. The van der Waals surface area contributed by atoms with Gasteiger partial charge in [-0.1, -0.05) is 27.5 Å². The van der Waals surface area contributed by atoms with Gasteiger partial charge in [-0.3, -0.25) is 10.2 Å². The summed E-state index contributed by atoms with van der Waals surface area (Å²) in [6.07, 6.45) is 14.6. The summed E-state index contributed by atoms with van der Waals surface area (Å²) in [7, 11) is 5.69. The lowest BCUT2D eigenvalue weighted by Gasteiger charge is -2.33. The molecule has 0 spiro atoms. The van der Waals surface area contributed by atoms with Gasteiger partial charge in [-0.2, -0.15) is 0 Å². The van der Waals surface area contributed by atoms with E-state index in [1.807, 2.05) is 33.5 Å². The number of ether oxygens (including phenoxy) is 1. The molecular weight excluding hydrogens is 627 g/mol. The molecule has 0 bridgehead atoms. The fraction of sp³-hybridized carbons (Fsp3) is 0.694. The summed E-state index contributed by atoms with van der Waals surface area (Å²) in [5.41, 5.74) is 6.64. The molecule has 2 heterocycles. The predicted octanol–water partition coefficient (Wildman–Crippen LogP) is 6.83. The number of aromatic nitrogens is 1. The molecule has 0 aromatic carbocycles. The second-order valence-electron chi connectivity index (χ2n) is 13.1. The molecule has 9 N–H and O–H groups in total. The second-order valence-corrected chi connectivity index (χ2v) is 13.7. The molecule has 3 aliphatic rings. The monoisotopic (exact) mass is 698 g/mol. The van der Waals surface area contributed by atoms with E-state index in [9.17, 15) is 4.79 Å². The van der Waals surface area contributed by atoms with Gasteiger partial charge < -0.3 is 41.3 Å². The lowest BCUT2D eigenvalue weighted by molar-refractivity contribution is 0.100.